The fraction of sp³-hybridized carbons (Fsp3) is 0.154. The average Bonchev–Trinajstić information content (AvgIpc) is 2.87. The van der Waals surface area contributed by atoms with Gasteiger partial charge in [0, 0.05) is 17.1 Å². The molecular weight excluding hydrogens is 216 g/mol. The molecule has 3 rings (SSSR count). The van der Waals surface area contributed by atoms with Gasteiger partial charge in [0.05, 0.1) is 17.2 Å². The van der Waals surface area contributed by atoms with Crippen LogP contribution in [0.4, 0.5) is 0 Å². The van der Waals surface area contributed by atoms with E-state index in [-0.39, 0.29) is 0 Å². The lowest BCUT2D eigenvalue weighted by molar-refractivity contribution is 0.812. The van der Waals surface area contributed by atoms with Gasteiger partial charge in [-0.25, -0.2) is 4.98 Å². The molecule has 0 aliphatic rings. The molecule has 3 heteroatoms. The van der Waals surface area contributed by atoms with Crippen molar-refractivity contribution >= 4 is 22.2 Å². The minimum atomic E-state index is 0.859. The molecule has 0 atom stereocenters. The van der Waals surface area contributed by atoms with Crippen molar-refractivity contribution in [1.29, 1.82) is 0 Å². The van der Waals surface area contributed by atoms with Gasteiger partial charge in [-0.15, -0.1) is 11.3 Å². The Balaban J connectivity index is 2.00. The number of hydrogen-bond acceptors (Lipinski definition) is 2. The van der Waals surface area contributed by atoms with Crippen LogP contribution in [0.5, 0.6) is 0 Å². The number of aryl methyl sites for hydroxylation is 1. The SMILES string of the molecule is Cc1nc(Cn2ccc3ccccc32)cs1. The normalized spacial score (nSPS) is 11.1. The van der Waals surface area contributed by atoms with Crippen molar-refractivity contribution in [3.8, 4) is 0 Å². The van der Waals surface area contributed by atoms with Crippen molar-refractivity contribution in [2.75, 3.05) is 0 Å². The summed E-state index contributed by atoms with van der Waals surface area (Å²) in [6.07, 6.45) is 2.12. The number of para-hydroxylation sites is 1. The highest BCUT2D eigenvalue weighted by Crippen LogP contribution is 2.17. The highest BCUT2D eigenvalue weighted by atomic mass is 32.1. The van der Waals surface area contributed by atoms with Crippen LogP contribution < -0.4 is 0 Å². The molecule has 0 saturated carbocycles. The molecule has 0 amide bonds. The van der Waals surface area contributed by atoms with Crippen LogP contribution in [-0.4, -0.2) is 9.55 Å². The highest BCUT2D eigenvalue weighted by Gasteiger charge is 2.03. The number of benzene rings is 1. The van der Waals surface area contributed by atoms with Gasteiger partial charge in [0.25, 0.3) is 0 Å². The number of hydrogen-bond donors (Lipinski definition) is 0. The summed E-state index contributed by atoms with van der Waals surface area (Å²) in [6, 6.07) is 10.6. The zero-order valence-corrected chi connectivity index (χ0v) is 9.87. The molecule has 0 fully saturated rings. The van der Waals surface area contributed by atoms with E-state index in [9.17, 15) is 0 Å². The lowest BCUT2D eigenvalue weighted by Gasteiger charge is -2.02. The van der Waals surface area contributed by atoms with Crippen molar-refractivity contribution in [2.24, 2.45) is 0 Å². The Labute approximate surface area is 98.2 Å². The van der Waals surface area contributed by atoms with Crippen molar-refractivity contribution in [3.63, 3.8) is 0 Å². The highest BCUT2D eigenvalue weighted by molar-refractivity contribution is 7.09. The van der Waals surface area contributed by atoms with Gasteiger partial charge in [0.15, 0.2) is 0 Å². The fourth-order valence-electron chi connectivity index (χ4n) is 1.93. The van der Waals surface area contributed by atoms with Crippen molar-refractivity contribution < 1.29 is 0 Å². The molecule has 1 aromatic carbocycles. The van der Waals surface area contributed by atoms with Crippen molar-refractivity contribution in [1.82, 2.24) is 9.55 Å². The molecule has 0 bridgehead atoms. The number of thiazole rings is 1. The summed E-state index contributed by atoms with van der Waals surface area (Å²) in [7, 11) is 0. The molecule has 0 unspecified atom stereocenters. The van der Waals surface area contributed by atoms with Gasteiger partial charge in [-0.3, -0.25) is 0 Å². The minimum absolute atomic E-state index is 0.859. The third-order valence-corrected chi connectivity index (χ3v) is 3.50. The molecule has 80 valence electrons. The van der Waals surface area contributed by atoms with E-state index in [2.05, 4.69) is 51.5 Å². The summed E-state index contributed by atoms with van der Waals surface area (Å²) in [4.78, 5) is 4.49. The van der Waals surface area contributed by atoms with Gasteiger partial charge < -0.3 is 4.57 Å². The molecule has 0 aliphatic heterocycles. The number of aromatic nitrogens is 2. The van der Waals surface area contributed by atoms with Crippen LogP contribution in [0.3, 0.4) is 0 Å². The van der Waals surface area contributed by atoms with Gasteiger partial charge in [-0.2, -0.15) is 0 Å². The van der Waals surface area contributed by atoms with E-state index < -0.39 is 0 Å². The van der Waals surface area contributed by atoms with E-state index in [0.717, 1.165) is 17.2 Å². The first-order chi connectivity index (χ1) is 7.83. The zero-order valence-electron chi connectivity index (χ0n) is 9.05. The van der Waals surface area contributed by atoms with Crippen LogP contribution in [0.1, 0.15) is 10.7 Å². The summed E-state index contributed by atoms with van der Waals surface area (Å²) in [5.74, 6) is 0. The molecule has 0 spiro atoms. The summed E-state index contributed by atoms with van der Waals surface area (Å²) in [5.41, 5.74) is 2.41. The molecule has 0 aliphatic carbocycles. The van der Waals surface area contributed by atoms with E-state index in [0.29, 0.717) is 0 Å². The monoisotopic (exact) mass is 228 g/mol. The third kappa shape index (κ3) is 1.63. The fourth-order valence-corrected chi connectivity index (χ4v) is 2.54. The molecule has 0 saturated heterocycles. The van der Waals surface area contributed by atoms with Crippen LogP contribution in [0, 0.1) is 6.92 Å². The lowest BCUT2D eigenvalue weighted by atomic mass is 10.2. The molecule has 2 aromatic heterocycles. The second-order valence-electron chi connectivity index (χ2n) is 3.86. The van der Waals surface area contributed by atoms with Gasteiger partial charge in [-0.1, -0.05) is 18.2 Å². The van der Waals surface area contributed by atoms with Gasteiger partial charge in [0.1, 0.15) is 0 Å². The standard InChI is InChI=1S/C13H12N2S/c1-10-14-12(9-16-10)8-15-7-6-11-4-2-3-5-13(11)15/h2-7,9H,8H2,1H3. The Morgan fingerprint density at radius 3 is 2.94 bits per heavy atom. The Kier molecular flexibility index (Phi) is 2.26. The van der Waals surface area contributed by atoms with Crippen LogP contribution in [-0.2, 0) is 6.54 Å². The lowest BCUT2D eigenvalue weighted by Crippen LogP contribution is -1.97. The molecule has 2 heterocycles. The largest absolute Gasteiger partial charge is 0.341 e. The second kappa shape index (κ2) is 3.76. The first-order valence-electron chi connectivity index (χ1n) is 5.28. The van der Waals surface area contributed by atoms with E-state index in [1.165, 1.54) is 10.9 Å². The predicted molar refractivity (Wildman–Crippen MR) is 67.9 cm³/mol. The van der Waals surface area contributed by atoms with Crippen LogP contribution >= 0.6 is 11.3 Å². The van der Waals surface area contributed by atoms with Crippen molar-refractivity contribution in [2.45, 2.75) is 13.5 Å². The molecule has 16 heavy (non-hydrogen) atoms. The van der Waals surface area contributed by atoms with Gasteiger partial charge >= 0.3 is 0 Å². The molecule has 3 aromatic rings. The number of nitrogens with zero attached hydrogens (tertiary/aromatic N) is 2. The Bertz CT molecular complexity index is 621. The Morgan fingerprint density at radius 2 is 2.12 bits per heavy atom. The summed E-state index contributed by atoms with van der Waals surface area (Å²) in [5, 5.41) is 4.55. The maximum atomic E-state index is 4.49. The van der Waals surface area contributed by atoms with E-state index >= 15 is 0 Å². The maximum Gasteiger partial charge on any atom is 0.0898 e. The van der Waals surface area contributed by atoms with E-state index in [4.69, 9.17) is 0 Å². The Morgan fingerprint density at radius 1 is 1.25 bits per heavy atom. The average molecular weight is 228 g/mol. The maximum absolute atomic E-state index is 4.49. The quantitative estimate of drug-likeness (QED) is 0.657. The second-order valence-corrected chi connectivity index (χ2v) is 4.92. The Hall–Kier alpha value is -1.61. The van der Waals surface area contributed by atoms with Crippen LogP contribution in [0.2, 0.25) is 0 Å². The predicted octanol–water partition coefficient (Wildman–Crippen LogP) is 3.45. The number of rotatable bonds is 2. The van der Waals surface area contributed by atoms with Crippen molar-refractivity contribution in [3.05, 3.63) is 52.6 Å². The summed E-state index contributed by atoms with van der Waals surface area (Å²) < 4.78 is 2.24. The summed E-state index contributed by atoms with van der Waals surface area (Å²) >= 11 is 1.71. The first-order valence-corrected chi connectivity index (χ1v) is 6.16. The molecule has 0 N–H and O–H groups in total. The topological polar surface area (TPSA) is 17.8 Å². The molecule has 0 radical (unpaired) electrons. The van der Waals surface area contributed by atoms with Gasteiger partial charge in [-0.05, 0) is 24.4 Å². The minimum Gasteiger partial charge on any atom is -0.341 e. The van der Waals surface area contributed by atoms with E-state index in [1.807, 2.05) is 6.92 Å². The smallest absolute Gasteiger partial charge is 0.0898 e. The molecular formula is C13H12N2S. The third-order valence-electron chi connectivity index (χ3n) is 2.68. The summed E-state index contributed by atoms with van der Waals surface area (Å²) in [6.45, 7) is 2.90. The zero-order chi connectivity index (χ0) is 11.0. The van der Waals surface area contributed by atoms with Gasteiger partial charge in [0.2, 0.25) is 0 Å². The molecule has 2 nitrogen and oxygen atoms in total. The van der Waals surface area contributed by atoms with E-state index in [1.54, 1.807) is 11.3 Å². The number of fused-ring (bicyclic) bond motifs is 1. The van der Waals surface area contributed by atoms with Crippen LogP contribution in [0.25, 0.3) is 10.9 Å². The van der Waals surface area contributed by atoms with Crippen LogP contribution in [0.15, 0.2) is 41.9 Å². The first kappa shape index (κ1) is 9.60.